The zero-order valence-corrected chi connectivity index (χ0v) is 17.3. The third-order valence-corrected chi connectivity index (χ3v) is 5.21. The minimum absolute atomic E-state index is 0.457. The van der Waals surface area contributed by atoms with Gasteiger partial charge >= 0.3 is 0 Å². The van der Waals surface area contributed by atoms with Crippen LogP contribution in [0, 0.1) is 0 Å². The maximum absolute atomic E-state index is 13.1. The molecule has 0 unspecified atom stereocenters. The van der Waals surface area contributed by atoms with Crippen LogP contribution in [-0.4, -0.2) is 21.8 Å². The monoisotopic (exact) mass is 429 g/mol. The zero-order chi connectivity index (χ0) is 21.7. The molecule has 0 fully saturated rings. The van der Waals surface area contributed by atoms with Crippen molar-refractivity contribution in [1.82, 2.24) is 9.99 Å². The van der Waals surface area contributed by atoms with Crippen LogP contribution in [0.4, 0.5) is 0 Å². The lowest BCUT2D eigenvalue weighted by atomic mass is 9.85. The molecule has 1 amide bonds. The maximum Gasteiger partial charge on any atom is 0.281 e. The van der Waals surface area contributed by atoms with Crippen LogP contribution in [0.3, 0.4) is 0 Å². The van der Waals surface area contributed by atoms with Crippen molar-refractivity contribution in [2.24, 2.45) is 5.10 Å². The summed E-state index contributed by atoms with van der Waals surface area (Å²) < 4.78 is 1.91. The maximum atomic E-state index is 13.1. The van der Waals surface area contributed by atoms with Gasteiger partial charge in [-0.15, -0.1) is 0 Å². The zero-order valence-electron chi connectivity index (χ0n) is 16.5. The molecule has 0 aliphatic heterocycles. The van der Waals surface area contributed by atoms with Gasteiger partial charge in [0.1, 0.15) is 0 Å². The number of nitrogens with one attached hydrogen (secondary N) is 1. The predicted molar refractivity (Wildman–Crippen MR) is 122 cm³/mol. The third-order valence-electron chi connectivity index (χ3n) is 4.96. The molecule has 0 aliphatic carbocycles. The first kappa shape index (κ1) is 20.6. The first-order valence-corrected chi connectivity index (χ1v) is 10.1. The number of benzene rings is 3. The Kier molecular flexibility index (Phi) is 5.98. The summed E-state index contributed by atoms with van der Waals surface area (Å²) in [5, 5.41) is 16.2. The molecular formula is C25H20ClN3O2. The molecule has 0 aliphatic rings. The number of hydrazone groups is 1. The number of hydrogen-bond acceptors (Lipinski definition) is 3. The number of aromatic nitrogens is 1. The first-order chi connectivity index (χ1) is 15.1. The van der Waals surface area contributed by atoms with Gasteiger partial charge in [-0.3, -0.25) is 4.79 Å². The van der Waals surface area contributed by atoms with Crippen molar-refractivity contribution in [3.05, 3.63) is 125 Å². The molecule has 2 N–H and O–H groups in total. The Bertz CT molecular complexity index is 1150. The molecule has 0 radical (unpaired) electrons. The fourth-order valence-electron chi connectivity index (χ4n) is 3.36. The molecule has 154 valence electrons. The highest BCUT2D eigenvalue weighted by atomic mass is 35.5. The number of halogens is 1. The highest BCUT2D eigenvalue weighted by Gasteiger charge is 2.39. The van der Waals surface area contributed by atoms with Gasteiger partial charge in [-0.25, -0.2) is 5.43 Å². The highest BCUT2D eigenvalue weighted by molar-refractivity contribution is 6.30. The van der Waals surface area contributed by atoms with Gasteiger partial charge in [-0.1, -0.05) is 72.3 Å². The van der Waals surface area contributed by atoms with E-state index in [0.717, 1.165) is 11.4 Å². The first-order valence-electron chi connectivity index (χ1n) is 9.69. The molecule has 1 aromatic heterocycles. The molecule has 5 nitrogen and oxygen atoms in total. The number of carbonyl (C=O) groups excluding carboxylic acids is 1. The SMILES string of the molecule is O=C(N/N=C\c1cccn1-c1ccc(Cl)cc1)C(O)(c1ccccc1)c1ccccc1. The van der Waals surface area contributed by atoms with Crippen LogP contribution in [0.2, 0.25) is 5.02 Å². The van der Waals surface area contributed by atoms with Crippen molar-refractivity contribution < 1.29 is 9.90 Å². The minimum Gasteiger partial charge on any atom is -0.372 e. The molecule has 0 spiro atoms. The molecule has 0 saturated carbocycles. The van der Waals surface area contributed by atoms with Gasteiger partial charge < -0.3 is 9.67 Å². The van der Waals surface area contributed by atoms with Gasteiger partial charge in [0.25, 0.3) is 5.91 Å². The summed E-state index contributed by atoms with van der Waals surface area (Å²) in [6, 6.07) is 28.7. The van der Waals surface area contributed by atoms with Crippen molar-refractivity contribution in [1.29, 1.82) is 0 Å². The van der Waals surface area contributed by atoms with Gasteiger partial charge in [-0.05, 0) is 47.5 Å². The molecule has 0 atom stereocenters. The summed E-state index contributed by atoms with van der Waals surface area (Å²) >= 11 is 5.97. The molecule has 4 rings (SSSR count). The van der Waals surface area contributed by atoms with E-state index >= 15 is 0 Å². The molecule has 0 saturated heterocycles. The van der Waals surface area contributed by atoms with Crippen LogP contribution >= 0.6 is 11.6 Å². The Morgan fingerprint density at radius 3 is 2.03 bits per heavy atom. The molecule has 6 heteroatoms. The van der Waals surface area contributed by atoms with Gasteiger partial charge in [0.15, 0.2) is 5.60 Å². The molecule has 1 heterocycles. The Hall–Kier alpha value is -3.67. The Balaban J connectivity index is 1.59. The van der Waals surface area contributed by atoms with Crippen LogP contribution in [0.25, 0.3) is 5.69 Å². The van der Waals surface area contributed by atoms with E-state index < -0.39 is 11.5 Å². The normalized spacial score (nSPS) is 11.5. The number of rotatable bonds is 6. The van der Waals surface area contributed by atoms with Gasteiger partial charge in [0.2, 0.25) is 0 Å². The van der Waals surface area contributed by atoms with Crippen molar-refractivity contribution >= 4 is 23.7 Å². The van der Waals surface area contributed by atoms with E-state index in [2.05, 4.69) is 10.5 Å². The second kappa shape index (κ2) is 9.00. The van der Waals surface area contributed by atoms with E-state index in [4.69, 9.17) is 11.6 Å². The van der Waals surface area contributed by atoms with E-state index in [0.29, 0.717) is 16.1 Å². The lowest BCUT2D eigenvalue weighted by Gasteiger charge is -2.27. The lowest BCUT2D eigenvalue weighted by molar-refractivity contribution is -0.136. The van der Waals surface area contributed by atoms with E-state index in [1.807, 2.05) is 47.2 Å². The Labute approximate surface area is 185 Å². The van der Waals surface area contributed by atoms with Crippen LogP contribution in [-0.2, 0) is 10.4 Å². The summed E-state index contributed by atoms with van der Waals surface area (Å²) in [7, 11) is 0. The topological polar surface area (TPSA) is 66.6 Å². The number of nitrogens with zero attached hydrogens (tertiary/aromatic N) is 2. The largest absolute Gasteiger partial charge is 0.372 e. The molecular weight excluding hydrogens is 410 g/mol. The van der Waals surface area contributed by atoms with E-state index in [-0.39, 0.29) is 0 Å². The Morgan fingerprint density at radius 1 is 0.871 bits per heavy atom. The lowest BCUT2D eigenvalue weighted by Crippen LogP contribution is -2.43. The Morgan fingerprint density at radius 2 is 1.45 bits per heavy atom. The van der Waals surface area contributed by atoms with Crippen molar-refractivity contribution in [3.63, 3.8) is 0 Å². The molecule has 0 bridgehead atoms. The second-order valence-electron chi connectivity index (χ2n) is 6.92. The quantitative estimate of drug-likeness (QED) is 0.349. The van der Waals surface area contributed by atoms with Gasteiger partial charge in [0.05, 0.1) is 11.9 Å². The van der Waals surface area contributed by atoms with Crippen molar-refractivity contribution in [2.45, 2.75) is 5.60 Å². The molecule has 4 aromatic rings. The summed E-state index contributed by atoms with van der Waals surface area (Å²) in [6.07, 6.45) is 3.42. The minimum atomic E-state index is -1.88. The van der Waals surface area contributed by atoms with E-state index in [1.165, 1.54) is 6.21 Å². The fourth-order valence-corrected chi connectivity index (χ4v) is 3.49. The van der Waals surface area contributed by atoms with Gasteiger partial charge in [-0.2, -0.15) is 5.10 Å². The number of amides is 1. The second-order valence-corrected chi connectivity index (χ2v) is 7.36. The molecule has 31 heavy (non-hydrogen) atoms. The highest BCUT2D eigenvalue weighted by Crippen LogP contribution is 2.29. The average Bonchev–Trinajstić information content (AvgIpc) is 3.28. The summed E-state index contributed by atoms with van der Waals surface area (Å²) in [6.45, 7) is 0. The number of aliphatic hydroxyl groups is 1. The number of carbonyl (C=O) groups is 1. The van der Waals surface area contributed by atoms with Crippen LogP contribution in [0.15, 0.2) is 108 Å². The van der Waals surface area contributed by atoms with Crippen LogP contribution in [0.5, 0.6) is 0 Å². The van der Waals surface area contributed by atoms with E-state index in [9.17, 15) is 9.90 Å². The van der Waals surface area contributed by atoms with E-state index in [1.54, 1.807) is 60.7 Å². The van der Waals surface area contributed by atoms with Crippen LogP contribution in [0.1, 0.15) is 16.8 Å². The summed E-state index contributed by atoms with van der Waals surface area (Å²) in [4.78, 5) is 13.1. The summed E-state index contributed by atoms with van der Waals surface area (Å²) in [5.41, 5.74) is 3.19. The van der Waals surface area contributed by atoms with Gasteiger partial charge in [0, 0.05) is 16.9 Å². The number of hydrogen-bond donors (Lipinski definition) is 2. The standard InChI is InChI=1S/C25H20ClN3O2/c26-21-13-15-22(16-14-21)29-17-7-12-23(29)18-27-28-24(30)25(31,19-8-3-1-4-9-19)20-10-5-2-6-11-20/h1-18,31H,(H,28,30)/b27-18-. The summed E-state index contributed by atoms with van der Waals surface area (Å²) in [5.74, 6) is -0.647. The van der Waals surface area contributed by atoms with Crippen molar-refractivity contribution in [3.8, 4) is 5.69 Å². The predicted octanol–water partition coefficient (Wildman–Crippen LogP) is 4.52. The smallest absolute Gasteiger partial charge is 0.281 e. The van der Waals surface area contributed by atoms with Crippen molar-refractivity contribution in [2.75, 3.05) is 0 Å². The average molecular weight is 430 g/mol. The molecule has 3 aromatic carbocycles. The van der Waals surface area contributed by atoms with Crippen LogP contribution < -0.4 is 5.43 Å². The fraction of sp³-hybridized carbons (Fsp3) is 0.0400. The third kappa shape index (κ3) is 4.28.